The highest BCUT2D eigenvalue weighted by molar-refractivity contribution is 5.77. The monoisotopic (exact) mass is 210 g/mol. The van der Waals surface area contributed by atoms with E-state index in [1.54, 1.807) is 18.5 Å². The van der Waals surface area contributed by atoms with Crippen LogP contribution in [0.3, 0.4) is 0 Å². The molecule has 0 N–H and O–H groups in total. The van der Waals surface area contributed by atoms with E-state index < -0.39 is 0 Å². The van der Waals surface area contributed by atoms with Crippen molar-refractivity contribution in [2.45, 2.75) is 6.92 Å². The molecular weight excluding hydrogens is 200 g/mol. The van der Waals surface area contributed by atoms with Gasteiger partial charge in [-0.1, -0.05) is 0 Å². The van der Waals surface area contributed by atoms with Crippen molar-refractivity contribution in [2.75, 3.05) is 0 Å². The number of aryl methyl sites for hydroxylation is 1. The summed E-state index contributed by atoms with van der Waals surface area (Å²) in [6.07, 6.45) is 5.40. The van der Waals surface area contributed by atoms with Crippen LogP contribution < -0.4 is 0 Å². The van der Waals surface area contributed by atoms with Crippen molar-refractivity contribution in [3.05, 3.63) is 48.5 Å². The van der Waals surface area contributed by atoms with E-state index in [-0.39, 0.29) is 0 Å². The molecule has 0 fully saturated rings. The quantitative estimate of drug-likeness (QED) is 0.618. The maximum Gasteiger partial charge on any atom is 0.234 e. The molecule has 0 atom stereocenters. The van der Waals surface area contributed by atoms with Gasteiger partial charge < -0.3 is 0 Å². The number of rotatable bonds is 1. The Morgan fingerprint density at radius 1 is 1.06 bits per heavy atom. The van der Waals surface area contributed by atoms with Crippen molar-refractivity contribution in [3.8, 4) is 5.95 Å². The highest BCUT2D eigenvalue weighted by Gasteiger charge is 2.05. The minimum absolute atomic E-state index is 0.670. The topological polar surface area (TPSA) is 43.6 Å². The number of fused-ring (bicyclic) bond motifs is 1. The van der Waals surface area contributed by atoms with E-state index >= 15 is 0 Å². The Bertz CT molecular complexity index is 628. The summed E-state index contributed by atoms with van der Waals surface area (Å²) < 4.78 is 1.93. The van der Waals surface area contributed by atoms with Crippen LogP contribution in [0.5, 0.6) is 0 Å². The first-order valence-corrected chi connectivity index (χ1v) is 5.07. The van der Waals surface area contributed by atoms with E-state index in [9.17, 15) is 0 Å². The summed E-state index contributed by atoms with van der Waals surface area (Å²) in [4.78, 5) is 12.9. The summed E-state index contributed by atoms with van der Waals surface area (Å²) >= 11 is 0. The van der Waals surface area contributed by atoms with Crippen LogP contribution in [-0.2, 0) is 0 Å². The summed E-state index contributed by atoms with van der Waals surface area (Å²) in [5.74, 6) is 0.670. The van der Waals surface area contributed by atoms with Crippen molar-refractivity contribution in [1.29, 1.82) is 0 Å². The lowest BCUT2D eigenvalue weighted by atomic mass is 10.3. The van der Waals surface area contributed by atoms with Gasteiger partial charge in [-0.05, 0) is 31.2 Å². The average Bonchev–Trinajstić information content (AvgIpc) is 2.73. The van der Waals surface area contributed by atoms with Gasteiger partial charge in [0.25, 0.3) is 0 Å². The van der Waals surface area contributed by atoms with Crippen molar-refractivity contribution in [3.63, 3.8) is 0 Å². The van der Waals surface area contributed by atoms with Crippen LogP contribution in [0.15, 0.2) is 42.9 Å². The van der Waals surface area contributed by atoms with Crippen molar-refractivity contribution >= 4 is 11.0 Å². The van der Waals surface area contributed by atoms with Crippen LogP contribution >= 0.6 is 0 Å². The second-order valence-corrected chi connectivity index (χ2v) is 3.59. The van der Waals surface area contributed by atoms with E-state index in [2.05, 4.69) is 15.0 Å². The van der Waals surface area contributed by atoms with Gasteiger partial charge in [-0.3, -0.25) is 9.55 Å². The zero-order chi connectivity index (χ0) is 11.0. The predicted molar refractivity (Wildman–Crippen MR) is 61.4 cm³/mol. The molecule has 0 aromatic carbocycles. The van der Waals surface area contributed by atoms with Gasteiger partial charge in [-0.15, -0.1) is 0 Å². The maximum atomic E-state index is 4.45. The molecule has 3 rings (SSSR count). The molecule has 0 spiro atoms. The first-order chi connectivity index (χ1) is 7.84. The van der Waals surface area contributed by atoms with Crippen LogP contribution in [0.1, 0.15) is 5.69 Å². The molecule has 78 valence electrons. The van der Waals surface area contributed by atoms with Crippen molar-refractivity contribution in [2.24, 2.45) is 0 Å². The Hall–Kier alpha value is -2.23. The summed E-state index contributed by atoms with van der Waals surface area (Å²) in [5, 5.41) is 0. The lowest BCUT2D eigenvalue weighted by Gasteiger charge is -2.01. The van der Waals surface area contributed by atoms with Crippen LogP contribution in [0.2, 0.25) is 0 Å². The largest absolute Gasteiger partial charge is 0.284 e. The van der Waals surface area contributed by atoms with Gasteiger partial charge >= 0.3 is 0 Å². The van der Waals surface area contributed by atoms with Crippen LogP contribution in [0.25, 0.3) is 17.0 Å². The molecule has 3 heterocycles. The minimum atomic E-state index is 0.670. The third-order valence-electron chi connectivity index (χ3n) is 2.45. The van der Waals surface area contributed by atoms with Gasteiger partial charge in [0.05, 0.1) is 11.0 Å². The highest BCUT2D eigenvalue weighted by Crippen LogP contribution is 2.16. The Balaban J connectivity index is 2.26. The Kier molecular flexibility index (Phi) is 1.93. The van der Waals surface area contributed by atoms with Gasteiger partial charge in [0, 0.05) is 24.3 Å². The van der Waals surface area contributed by atoms with Gasteiger partial charge in [-0.25, -0.2) is 9.97 Å². The lowest BCUT2D eigenvalue weighted by Crippen LogP contribution is -1.98. The van der Waals surface area contributed by atoms with Crippen LogP contribution in [0.4, 0.5) is 0 Å². The number of pyridine rings is 1. The third kappa shape index (κ3) is 1.35. The molecule has 4 nitrogen and oxygen atoms in total. The SMILES string of the molecule is Cc1ccc2c(ccn2-c2ncccn2)n1. The van der Waals surface area contributed by atoms with Crippen LogP contribution in [-0.4, -0.2) is 19.5 Å². The number of nitrogens with zero attached hydrogens (tertiary/aromatic N) is 4. The summed E-state index contributed by atoms with van der Waals surface area (Å²) in [6, 6.07) is 7.80. The van der Waals surface area contributed by atoms with E-state index in [0.29, 0.717) is 5.95 Å². The average molecular weight is 210 g/mol. The Morgan fingerprint density at radius 3 is 2.69 bits per heavy atom. The van der Waals surface area contributed by atoms with Gasteiger partial charge in [0.1, 0.15) is 0 Å². The zero-order valence-electron chi connectivity index (χ0n) is 8.83. The van der Waals surface area contributed by atoms with Gasteiger partial charge in [0.15, 0.2) is 0 Å². The van der Waals surface area contributed by atoms with Crippen LogP contribution in [0, 0.1) is 6.92 Å². The second-order valence-electron chi connectivity index (χ2n) is 3.59. The van der Waals surface area contributed by atoms with E-state index in [1.807, 2.05) is 35.9 Å². The fourth-order valence-electron chi connectivity index (χ4n) is 1.71. The number of aromatic nitrogens is 4. The first kappa shape index (κ1) is 9.03. The zero-order valence-corrected chi connectivity index (χ0v) is 8.83. The molecule has 3 aromatic rings. The first-order valence-electron chi connectivity index (χ1n) is 5.07. The minimum Gasteiger partial charge on any atom is -0.284 e. The molecule has 0 aliphatic heterocycles. The molecule has 0 aliphatic carbocycles. The van der Waals surface area contributed by atoms with E-state index in [1.165, 1.54) is 0 Å². The molecule has 0 amide bonds. The van der Waals surface area contributed by atoms with Gasteiger partial charge in [-0.2, -0.15) is 0 Å². The molecule has 0 unspecified atom stereocenters. The maximum absolute atomic E-state index is 4.45. The van der Waals surface area contributed by atoms with Crippen molar-refractivity contribution in [1.82, 2.24) is 19.5 Å². The molecular formula is C12H10N4. The normalized spacial score (nSPS) is 10.8. The fourth-order valence-corrected chi connectivity index (χ4v) is 1.71. The van der Waals surface area contributed by atoms with E-state index in [4.69, 9.17) is 0 Å². The summed E-state index contributed by atoms with van der Waals surface area (Å²) in [6.45, 7) is 1.98. The van der Waals surface area contributed by atoms with E-state index in [0.717, 1.165) is 16.7 Å². The second kappa shape index (κ2) is 3.41. The molecule has 16 heavy (non-hydrogen) atoms. The molecule has 0 aliphatic rings. The molecule has 0 radical (unpaired) electrons. The summed E-state index contributed by atoms with van der Waals surface area (Å²) in [7, 11) is 0. The van der Waals surface area contributed by atoms with Crippen molar-refractivity contribution < 1.29 is 0 Å². The molecule has 4 heteroatoms. The highest BCUT2D eigenvalue weighted by atomic mass is 15.1. The molecule has 0 saturated carbocycles. The Labute approximate surface area is 92.6 Å². The molecule has 3 aromatic heterocycles. The fraction of sp³-hybridized carbons (Fsp3) is 0.0833. The lowest BCUT2D eigenvalue weighted by molar-refractivity contribution is 0.961. The molecule has 0 saturated heterocycles. The number of hydrogen-bond acceptors (Lipinski definition) is 3. The number of hydrogen-bond donors (Lipinski definition) is 0. The predicted octanol–water partition coefficient (Wildman–Crippen LogP) is 2.12. The standard InChI is InChI=1S/C12H10N4/c1-9-3-4-11-10(15-9)5-8-16(11)12-13-6-2-7-14-12/h2-8H,1H3. The smallest absolute Gasteiger partial charge is 0.234 e. The molecule has 0 bridgehead atoms. The Morgan fingerprint density at radius 2 is 1.88 bits per heavy atom. The van der Waals surface area contributed by atoms with Gasteiger partial charge in [0.2, 0.25) is 5.95 Å². The summed E-state index contributed by atoms with van der Waals surface area (Å²) in [5.41, 5.74) is 3.00. The third-order valence-corrected chi connectivity index (χ3v) is 2.45.